The summed E-state index contributed by atoms with van der Waals surface area (Å²) in [6.45, 7) is 9.56. The minimum Gasteiger partial charge on any atom is -0.313 e. The van der Waals surface area contributed by atoms with Crippen LogP contribution in [-0.2, 0) is 0 Å². The highest BCUT2D eigenvalue weighted by atomic mass is 14.9. The van der Waals surface area contributed by atoms with Gasteiger partial charge in [-0.05, 0) is 24.8 Å². The fourth-order valence-electron chi connectivity index (χ4n) is 1.63. The molecule has 0 amide bonds. The SMILES string of the molecule is C=CC(C)(C)[C@H]1CCCCN1. The van der Waals surface area contributed by atoms with Gasteiger partial charge >= 0.3 is 0 Å². The maximum atomic E-state index is 3.87. The van der Waals surface area contributed by atoms with Crippen LogP contribution in [0.2, 0.25) is 0 Å². The van der Waals surface area contributed by atoms with Gasteiger partial charge in [0.2, 0.25) is 0 Å². The predicted molar refractivity (Wildman–Crippen MR) is 49.6 cm³/mol. The molecule has 1 nitrogen and oxygen atoms in total. The Morgan fingerprint density at radius 3 is 2.64 bits per heavy atom. The largest absolute Gasteiger partial charge is 0.313 e. The van der Waals surface area contributed by atoms with Crippen LogP contribution in [-0.4, -0.2) is 12.6 Å². The topological polar surface area (TPSA) is 12.0 Å². The molecule has 0 aromatic carbocycles. The molecule has 1 heteroatoms. The van der Waals surface area contributed by atoms with Crippen molar-refractivity contribution >= 4 is 0 Å². The molecule has 1 atom stereocenters. The van der Waals surface area contributed by atoms with Gasteiger partial charge in [-0.3, -0.25) is 0 Å². The molecule has 1 aliphatic heterocycles. The lowest BCUT2D eigenvalue weighted by molar-refractivity contribution is 0.258. The summed E-state index contributed by atoms with van der Waals surface area (Å²) in [6, 6.07) is 0.647. The van der Waals surface area contributed by atoms with E-state index in [0.717, 1.165) is 0 Å². The second-order valence-electron chi connectivity index (χ2n) is 4.03. The van der Waals surface area contributed by atoms with Gasteiger partial charge in [0, 0.05) is 6.04 Å². The Bertz CT molecular complexity index is 132. The van der Waals surface area contributed by atoms with Gasteiger partial charge < -0.3 is 5.32 Å². The van der Waals surface area contributed by atoms with Gasteiger partial charge in [-0.2, -0.15) is 0 Å². The standard InChI is InChI=1S/C10H19N/c1-4-10(2,3)9-7-5-6-8-11-9/h4,9,11H,1,5-8H2,2-3H3/t9-/m1/s1. The van der Waals surface area contributed by atoms with Crippen molar-refractivity contribution in [1.29, 1.82) is 0 Å². The number of rotatable bonds is 2. The van der Waals surface area contributed by atoms with Gasteiger partial charge in [-0.1, -0.05) is 26.3 Å². The Kier molecular flexibility index (Phi) is 2.72. The van der Waals surface area contributed by atoms with Crippen LogP contribution >= 0.6 is 0 Å². The summed E-state index contributed by atoms with van der Waals surface area (Å²) in [6.07, 6.45) is 6.08. The van der Waals surface area contributed by atoms with E-state index >= 15 is 0 Å². The first-order chi connectivity index (χ1) is 5.17. The molecule has 0 saturated carbocycles. The third-order valence-electron chi connectivity index (χ3n) is 2.73. The van der Waals surface area contributed by atoms with E-state index in [1.165, 1.54) is 25.8 Å². The Morgan fingerprint density at radius 1 is 1.45 bits per heavy atom. The molecule has 1 N–H and O–H groups in total. The van der Waals surface area contributed by atoms with Crippen LogP contribution in [0.25, 0.3) is 0 Å². The van der Waals surface area contributed by atoms with Crippen molar-refractivity contribution in [3.05, 3.63) is 12.7 Å². The maximum absolute atomic E-state index is 3.87. The smallest absolute Gasteiger partial charge is 0.0153 e. The second-order valence-corrected chi connectivity index (χ2v) is 4.03. The minimum atomic E-state index is 0.264. The molecule has 1 fully saturated rings. The van der Waals surface area contributed by atoms with E-state index < -0.39 is 0 Å². The van der Waals surface area contributed by atoms with Gasteiger partial charge in [0.1, 0.15) is 0 Å². The number of hydrogen-bond donors (Lipinski definition) is 1. The lowest BCUT2D eigenvalue weighted by atomic mass is 9.80. The molecule has 11 heavy (non-hydrogen) atoms. The quantitative estimate of drug-likeness (QED) is 0.600. The molecule has 0 bridgehead atoms. The molecular formula is C10H19N. The number of hydrogen-bond acceptors (Lipinski definition) is 1. The monoisotopic (exact) mass is 153 g/mol. The second kappa shape index (κ2) is 3.40. The summed E-state index contributed by atoms with van der Waals surface area (Å²) in [7, 11) is 0. The van der Waals surface area contributed by atoms with Gasteiger partial charge in [-0.25, -0.2) is 0 Å². The van der Waals surface area contributed by atoms with Crippen molar-refractivity contribution in [2.45, 2.75) is 39.2 Å². The normalized spacial score (nSPS) is 26.5. The molecular weight excluding hydrogens is 134 g/mol. The zero-order valence-electron chi connectivity index (χ0n) is 7.69. The van der Waals surface area contributed by atoms with Crippen LogP contribution < -0.4 is 5.32 Å². The minimum absolute atomic E-state index is 0.264. The third-order valence-corrected chi connectivity index (χ3v) is 2.73. The number of nitrogens with one attached hydrogen (secondary N) is 1. The molecule has 1 rings (SSSR count). The first-order valence-corrected chi connectivity index (χ1v) is 4.54. The average Bonchev–Trinajstić information content (AvgIpc) is 2.06. The lowest BCUT2D eigenvalue weighted by Gasteiger charge is -2.35. The van der Waals surface area contributed by atoms with E-state index in [0.29, 0.717) is 6.04 Å². The Labute approximate surface area is 69.9 Å². The van der Waals surface area contributed by atoms with Gasteiger partial charge in [0.15, 0.2) is 0 Å². The zero-order chi connectivity index (χ0) is 8.32. The van der Waals surface area contributed by atoms with E-state index in [1.807, 2.05) is 0 Å². The Morgan fingerprint density at radius 2 is 2.18 bits per heavy atom. The zero-order valence-corrected chi connectivity index (χ0v) is 7.69. The first-order valence-electron chi connectivity index (χ1n) is 4.54. The van der Waals surface area contributed by atoms with Crippen molar-refractivity contribution in [2.75, 3.05) is 6.54 Å². The van der Waals surface area contributed by atoms with Crippen LogP contribution in [0.3, 0.4) is 0 Å². The van der Waals surface area contributed by atoms with E-state index in [4.69, 9.17) is 0 Å². The molecule has 1 heterocycles. The summed E-state index contributed by atoms with van der Waals surface area (Å²) in [4.78, 5) is 0. The average molecular weight is 153 g/mol. The van der Waals surface area contributed by atoms with Crippen molar-refractivity contribution in [2.24, 2.45) is 5.41 Å². The van der Waals surface area contributed by atoms with Crippen LogP contribution in [0.4, 0.5) is 0 Å². The van der Waals surface area contributed by atoms with E-state index in [-0.39, 0.29) is 5.41 Å². The van der Waals surface area contributed by atoms with Crippen molar-refractivity contribution in [3.63, 3.8) is 0 Å². The molecule has 1 saturated heterocycles. The molecule has 0 aromatic rings. The van der Waals surface area contributed by atoms with Gasteiger partial charge in [0.25, 0.3) is 0 Å². The fourth-order valence-corrected chi connectivity index (χ4v) is 1.63. The van der Waals surface area contributed by atoms with E-state index in [1.54, 1.807) is 0 Å². The Hall–Kier alpha value is -0.300. The molecule has 1 aliphatic rings. The predicted octanol–water partition coefficient (Wildman–Crippen LogP) is 2.34. The molecule has 0 aromatic heterocycles. The third kappa shape index (κ3) is 2.06. The van der Waals surface area contributed by atoms with Crippen molar-refractivity contribution in [1.82, 2.24) is 5.32 Å². The summed E-state index contributed by atoms with van der Waals surface area (Å²) in [5, 5.41) is 3.54. The summed E-state index contributed by atoms with van der Waals surface area (Å²) in [5.41, 5.74) is 0.264. The van der Waals surface area contributed by atoms with E-state index in [2.05, 4.69) is 31.8 Å². The summed E-state index contributed by atoms with van der Waals surface area (Å²) in [5.74, 6) is 0. The summed E-state index contributed by atoms with van der Waals surface area (Å²) < 4.78 is 0. The molecule has 0 unspecified atom stereocenters. The van der Waals surface area contributed by atoms with Crippen LogP contribution in [0.1, 0.15) is 33.1 Å². The molecule has 0 spiro atoms. The van der Waals surface area contributed by atoms with Crippen LogP contribution in [0, 0.1) is 5.41 Å². The molecule has 0 aliphatic carbocycles. The van der Waals surface area contributed by atoms with Crippen molar-refractivity contribution < 1.29 is 0 Å². The van der Waals surface area contributed by atoms with E-state index in [9.17, 15) is 0 Å². The van der Waals surface area contributed by atoms with Crippen LogP contribution in [0.15, 0.2) is 12.7 Å². The molecule has 0 radical (unpaired) electrons. The lowest BCUT2D eigenvalue weighted by Crippen LogP contribution is -2.43. The maximum Gasteiger partial charge on any atom is 0.0153 e. The highest BCUT2D eigenvalue weighted by Crippen LogP contribution is 2.27. The number of piperidine rings is 1. The van der Waals surface area contributed by atoms with Gasteiger partial charge in [0.05, 0.1) is 0 Å². The van der Waals surface area contributed by atoms with Crippen molar-refractivity contribution in [3.8, 4) is 0 Å². The Balaban J connectivity index is 2.50. The summed E-state index contributed by atoms with van der Waals surface area (Å²) >= 11 is 0. The fraction of sp³-hybridized carbons (Fsp3) is 0.800. The molecule has 64 valence electrons. The highest BCUT2D eigenvalue weighted by molar-refractivity contribution is 4.97. The van der Waals surface area contributed by atoms with Gasteiger partial charge in [-0.15, -0.1) is 6.58 Å². The highest BCUT2D eigenvalue weighted by Gasteiger charge is 2.26. The first kappa shape index (κ1) is 8.79. The van der Waals surface area contributed by atoms with Crippen LogP contribution in [0.5, 0.6) is 0 Å².